The Morgan fingerprint density at radius 3 is 2.35 bits per heavy atom. The maximum atomic E-state index is 11.6. The van der Waals surface area contributed by atoms with Crippen molar-refractivity contribution in [3.63, 3.8) is 0 Å². The molecular weight excluding hydrogens is 258 g/mol. The van der Waals surface area contributed by atoms with E-state index in [2.05, 4.69) is 5.32 Å². The molecule has 3 nitrogen and oxygen atoms in total. The molecule has 0 heterocycles. The van der Waals surface area contributed by atoms with Crippen molar-refractivity contribution >= 4 is 27.1 Å². The van der Waals surface area contributed by atoms with E-state index in [4.69, 9.17) is 11.6 Å². The number of sulfone groups is 1. The van der Waals surface area contributed by atoms with Gasteiger partial charge >= 0.3 is 0 Å². The summed E-state index contributed by atoms with van der Waals surface area (Å²) in [6, 6.07) is 7.34. The van der Waals surface area contributed by atoms with Gasteiger partial charge in [-0.3, -0.25) is 0 Å². The van der Waals surface area contributed by atoms with Crippen molar-refractivity contribution in [2.24, 2.45) is 0 Å². The molecule has 1 saturated carbocycles. The Balaban J connectivity index is 2.03. The Morgan fingerprint density at radius 1 is 1.29 bits per heavy atom. The minimum Gasteiger partial charge on any atom is -0.382 e. The normalized spacial score (nSPS) is 24.1. The SMILES string of the molecule is CCS(=O)(=O)c1ccc(NC2CC(Cl)C2)cc1. The molecule has 1 fully saturated rings. The predicted molar refractivity (Wildman–Crippen MR) is 70.5 cm³/mol. The average Bonchev–Trinajstić information content (AvgIpc) is 2.28. The van der Waals surface area contributed by atoms with Crippen molar-refractivity contribution in [2.75, 3.05) is 11.1 Å². The molecular formula is C12H16ClNO2S. The van der Waals surface area contributed by atoms with E-state index < -0.39 is 9.84 Å². The fourth-order valence-electron chi connectivity index (χ4n) is 1.83. The van der Waals surface area contributed by atoms with Crippen LogP contribution in [0.25, 0.3) is 0 Å². The molecule has 0 aliphatic heterocycles. The average molecular weight is 274 g/mol. The first kappa shape index (κ1) is 12.7. The molecule has 5 heteroatoms. The first-order chi connectivity index (χ1) is 8.01. The molecule has 1 aromatic rings. The van der Waals surface area contributed by atoms with E-state index in [1.165, 1.54) is 0 Å². The number of nitrogens with one attached hydrogen (secondary N) is 1. The highest BCUT2D eigenvalue weighted by molar-refractivity contribution is 7.91. The number of anilines is 1. The van der Waals surface area contributed by atoms with E-state index in [1.807, 2.05) is 12.1 Å². The molecule has 1 aliphatic rings. The fourth-order valence-corrected chi connectivity index (χ4v) is 3.14. The Labute approximate surface area is 107 Å². The minimum absolute atomic E-state index is 0.135. The van der Waals surface area contributed by atoms with Gasteiger partial charge in [-0.1, -0.05) is 6.92 Å². The number of rotatable bonds is 4. The molecule has 94 valence electrons. The Bertz CT molecular complexity index is 478. The second-order valence-electron chi connectivity index (χ2n) is 4.34. The lowest BCUT2D eigenvalue weighted by molar-refractivity contribution is 0.455. The Morgan fingerprint density at radius 2 is 1.88 bits per heavy atom. The molecule has 0 unspecified atom stereocenters. The lowest BCUT2D eigenvalue weighted by Gasteiger charge is -2.32. The van der Waals surface area contributed by atoms with Gasteiger partial charge in [-0.15, -0.1) is 11.6 Å². The molecule has 2 rings (SSSR count). The number of benzene rings is 1. The van der Waals surface area contributed by atoms with Gasteiger partial charge in [0.15, 0.2) is 9.84 Å². The van der Waals surface area contributed by atoms with Crippen molar-refractivity contribution < 1.29 is 8.42 Å². The lowest BCUT2D eigenvalue weighted by atomic mass is 9.92. The van der Waals surface area contributed by atoms with E-state index in [0.29, 0.717) is 10.9 Å². The van der Waals surface area contributed by atoms with Crippen molar-refractivity contribution in [2.45, 2.75) is 36.1 Å². The molecule has 1 aromatic carbocycles. The molecule has 0 atom stereocenters. The van der Waals surface area contributed by atoms with Crippen LogP contribution < -0.4 is 5.32 Å². The summed E-state index contributed by atoms with van der Waals surface area (Å²) in [5, 5.41) is 3.61. The van der Waals surface area contributed by atoms with Crippen LogP contribution in [0.4, 0.5) is 5.69 Å². The maximum Gasteiger partial charge on any atom is 0.178 e. The summed E-state index contributed by atoms with van der Waals surface area (Å²) in [7, 11) is -3.09. The monoisotopic (exact) mass is 273 g/mol. The van der Waals surface area contributed by atoms with Crippen LogP contribution in [0.1, 0.15) is 19.8 Å². The van der Waals surface area contributed by atoms with Crippen LogP contribution in [0.15, 0.2) is 29.2 Å². The van der Waals surface area contributed by atoms with Crippen molar-refractivity contribution in [1.29, 1.82) is 0 Å². The van der Waals surface area contributed by atoms with Gasteiger partial charge in [0.05, 0.1) is 10.6 Å². The second-order valence-corrected chi connectivity index (χ2v) is 7.23. The van der Waals surface area contributed by atoms with Gasteiger partial charge in [-0.2, -0.15) is 0 Å². The minimum atomic E-state index is -3.09. The molecule has 0 aromatic heterocycles. The number of alkyl halides is 1. The summed E-state index contributed by atoms with van der Waals surface area (Å²) < 4.78 is 23.2. The topological polar surface area (TPSA) is 46.2 Å². The quantitative estimate of drug-likeness (QED) is 0.858. The second kappa shape index (κ2) is 4.86. The molecule has 17 heavy (non-hydrogen) atoms. The summed E-state index contributed by atoms with van der Waals surface area (Å²) in [5.74, 6) is 0.135. The third-order valence-electron chi connectivity index (χ3n) is 3.04. The zero-order valence-corrected chi connectivity index (χ0v) is 11.3. The highest BCUT2D eigenvalue weighted by Crippen LogP contribution is 2.28. The van der Waals surface area contributed by atoms with E-state index in [9.17, 15) is 8.42 Å². The predicted octanol–water partition coefficient (Wildman–Crippen LogP) is 2.66. The van der Waals surface area contributed by atoms with Gasteiger partial charge in [-0.05, 0) is 37.1 Å². The largest absolute Gasteiger partial charge is 0.382 e. The first-order valence-electron chi connectivity index (χ1n) is 5.74. The van der Waals surface area contributed by atoms with E-state index >= 15 is 0 Å². The maximum absolute atomic E-state index is 11.6. The van der Waals surface area contributed by atoms with Crippen molar-refractivity contribution in [3.8, 4) is 0 Å². The van der Waals surface area contributed by atoms with Crippen LogP contribution >= 0.6 is 11.6 Å². The lowest BCUT2D eigenvalue weighted by Crippen LogP contribution is -2.35. The smallest absolute Gasteiger partial charge is 0.178 e. The fraction of sp³-hybridized carbons (Fsp3) is 0.500. The summed E-state index contributed by atoms with van der Waals surface area (Å²) in [6.07, 6.45) is 1.94. The molecule has 0 bridgehead atoms. The third kappa shape index (κ3) is 2.93. The third-order valence-corrected chi connectivity index (χ3v) is 5.15. The number of halogens is 1. The van der Waals surface area contributed by atoms with Crippen molar-refractivity contribution in [1.82, 2.24) is 0 Å². The van der Waals surface area contributed by atoms with Crippen LogP contribution in [0.2, 0.25) is 0 Å². The van der Waals surface area contributed by atoms with Crippen LogP contribution in [0.5, 0.6) is 0 Å². The molecule has 0 radical (unpaired) electrons. The summed E-state index contributed by atoms with van der Waals surface area (Å²) in [6.45, 7) is 1.65. The zero-order valence-electron chi connectivity index (χ0n) is 9.69. The first-order valence-corrected chi connectivity index (χ1v) is 7.83. The van der Waals surface area contributed by atoms with E-state index in [0.717, 1.165) is 18.5 Å². The summed E-state index contributed by atoms with van der Waals surface area (Å²) in [5.41, 5.74) is 0.952. The van der Waals surface area contributed by atoms with Gasteiger partial charge in [0.25, 0.3) is 0 Å². The van der Waals surface area contributed by atoms with E-state index in [1.54, 1.807) is 19.1 Å². The Hall–Kier alpha value is -0.740. The highest BCUT2D eigenvalue weighted by atomic mass is 35.5. The molecule has 1 N–H and O–H groups in total. The van der Waals surface area contributed by atoms with Crippen LogP contribution in [0, 0.1) is 0 Å². The number of hydrogen-bond acceptors (Lipinski definition) is 3. The van der Waals surface area contributed by atoms with Crippen molar-refractivity contribution in [3.05, 3.63) is 24.3 Å². The molecule has 0 amide bonds. The van der Waals surface area contributed by atoms with Gasteiger partial charge in [-0.25, -0.2) is 8.42 Å². The molecule has 0 saturated heterocycles. The van der Waals surface area contributed by atoms with Crippen LogP contribution in [-0.2, 0) is 9.84 Å². The molecule has 1 aliphatic carbocycles. The van der Waals surface area contributed by atoms with Gasteiger partial charge in [0.1, 0.15) is 0 Å². The van der Waals surface area contributed by atoms with E-state index in [-0.39, 0.29) is 11.1 Å². The Kier molecular flexibility index (Phi) is 3.64. The summed E-state index contributed by atoms with van der Waals surface area (Å²) in [4.78, 5) is 0.384. The van der Waals surface area contributed by atoms with Crippen LogP contribution in [0.3, 0.4) is 0 Å². The standard InChI is InChI=1S/C12H16ClNO2S/c1-2-17(15,16)12-5-3-10(4-6-12)14-11-7-9(13)8-11/h3-6,9,11,14H,2,7-8H2,1H3. The zero-order chi connectivity index (χ0) is 12.5. The van der Waals surface area contributed by atoms with Gasteiger partial charge in [0, 0.05) is 17.1 Å². The van der Waals surface area contributed by atoms with Gasteiger partial charge in [0.2, 0.25) is 0 Å². The van der Waals surface area contributed by atoms with Crippen LogP contribution in [-0.4, -0.2) is 25.6 Å². The molecule has 0 spiro atoms. The van der Waals surface area contributed by atoms with Gasteiger partial charge < -0.3 is 5.32 Å². The summed E-state index contributed by atoms with van der Waals surface area (Å²) >= 11 is 5.89. The number of hydrogen-bond donors (Lipinski definition) is 1. The highest BCUT2D eigenvalue weighted by Gasteiger charge is 2.26.